The maximum atomic E-state index is 10.3. The molecule has 0 fully saturated rings. The van der Waals surface area contributed by atoms with Crippen LogP contribution in [-0.2, 0) is 0 Å². The Balaban J connectivity index is 3.11. The Hall–Kier alpha value is -0.650. The van der Waals surface area contributed by atoms with Gasteiger partial charge in [-0.15, -0.1) is 0 Å². The molecule has 4 heteroatoms. The summed E-state index contributed by atoms with van der Waals surface area (Å²) < 4.78 is 5.69. The molecular formula is C7H6INO2. The molecule has 0 saturated carbocycles. The molecule has 1 aromatic rings. The largest absolute Gasteiger partial charge is 0.497 e. The second-order valence-electron chi connectivity index (χ2n) is 1.87. The van der Waals surface area contributed by atoms with E-state index in [0.717, 1.165) is 3.70 Å². The van der Waals surface area contributed by atoms with Crippen LogP contribution in [0, 0.1) is 3.70 Å². The van der Waals surface area contributed by atoms with Gasteiger partial charge in [-0.2, -0.15) is 0 Å². The van der Waals surface area contributed by atoms with E-state index in [1.54, 1.807) is 19.2 Å². The van der Waals surface area contributed by atoms with Gasteiger partial charge in [0.1, 0.15) is 15.1 Å². The van der Waals surface area contributed by atoms with Gasteiger partial charge in [0.05, 0.1) is 7.11 Å². The van der Waals surface area contributed by atoms with E-state index in [0.29, 0.717) is 17.7 Å². The van der Waals surface area contributed by atoms with Crippen molar-refractivity contribution in [1.29, 1.82) is 0 Å². The molecule has 1 heterocycles. The second-order valence-corrected chi connectivity index (χ2v) is 2.98. The van der Waals surface area contributed by atoms with Crippen LogP contribution < -0.4 is 4.74 Å². The van der Waals surface area contributed by atoms with Gasteiger partial charge in [-0.1, -0.05) is 0 Å². The van der Waals surface area contributed by atoms with Crippen molar-refractivity contribution in [2.24, 2.45) is 0 Å². The third kappa shape index (κ3) is 2.14. The van der Waals surface area contributed by atoms with Crippen LogP contribution in [0.3, 0.4) is 0 Å². The minimum Gasteiger partial charge on any atom is -0.497 e. The van der Waals surface area contributed by atoms with Gasteiger partial charge in [0.2, 0.25) is 0 Å². The number of hydrogen-bond donors (Lipinski definition) is 0. The zero-order valence-corrected chi connectivity index (χ0v) is 8.03. The number of hydrogen-bond acceptors (Lipinski definition) is 3. The molecule has 0 aliphatic rings. The van der Waals surface area contributed by atoms with Crippen LogP contribution in [0.1, 0.15) is 10.5 Å². The fourth-order valence-corrected chi connectivity index (χ4v) is 1.26. The standard InChI is InChI=1S/C7H6INO2/c1-11-6-2-5(4-10)9-7(8)3-6/h2-4H,1H3. The number of carbonyl (C=O) groups is 1. The van der Waals surface area contributed by atoms with Crippen molar-refractivity contribution in [2.75, 3.05) is 7.11 Å². The summed E-state index contributed by atoms with van der Waals surface area (Å²) in [6, 6.07) is 3.35. The summed E-state index contributed by atoms with van der Waals surface area (Å²) in [5, 5.41) is 0. The topological polar surface area (TPSA) is 39.2 Å². The van der Waals surface area contributed by atoms with Crippen molar-refractivity contribution < 1.29 is 9.53 Å². The number of carbonyl (C=O) groups excluding carboxylic acids is 1. The summed E-state index contributed by atoms with van der Waals surface area (Å²) in [4.78, 5) is 14.2. The first-order chi connectivity index (χ1) is 5.26. The summed E-state index contributed by atoms with van der Waals surface area (Å²) in [7, 11) is 1.56. The predicted octanol–water partition coefficient (Wildman–Crippen LogP) is 1.51. The van der Waals surface area contributed by atoms with E-state index >= 15 is 0 Å². The molecule has 1 aromatic heterocycles. The Morgan fingerprint density at radius 1 is 1.64 bits per heavy atom. The van der Waals surface area contributed by atoms with Gasteiger partial charge >= 0.3 is 0 Å². The zero-order chi connectivity index (χ0) is 8.27. The lowest BCUT2D eigenvalue weighted by Gasteiger charge is -1.99. The second kappa shape index (κ2) is 3.66. The van der Waals surface area contributed by atoms with Gasteiger partial charge in [-0.05, 0) is 22.6 Å². The Morgan fingerprint density at radius 3 is 2.91 bits per heavy atom. The lowest BCUT2D eigenvalue weighted by atomic mass is 10.3. The van der Waals surface area contributed by atoms with Crippen molar-refractivity contribution in [3.8, 4) is 5.75 Å². The van der Waals surface area contributed by atoms with E-state index < -0.39 is 0 Å². The molecule has 0 spiro atoms. The van der Waals surface area contributed by atoms with Crippen LogP contribution in [-0.4, -0.2) is 18.4 Å². The third-order valence-corrected chi connectivity index (χ3v) is 1.70. The molecule has 11 heavy (non-hydrogen) atoms. The first kappa shape index (κ1) is 8.45. The molecule has 1 rings (SSSR count). The van der Waals surface area contributed by atoms with Crippen LogP contribution in [0.2, 0.25) is 0 Å². The molecule has 0 saturated heterocycles. The minimum absolute atomic E-state index is 0.397. The summed E-state index contributed by atoms with van der Waals surface area (Å²) in [5.41, 5.74) is 0.397. The van der Waals surface area contributed by atoms with E-state index in [9.17, 15) is 4.79 Å². The van der Waals surface area contributed by atoms with E-state index in [1.807, 2.05) is 22.6 Å². The molecule has 0 aliphatic carbocycles. The van der Waals surface area contributed by atoms with Crippen molar-refractivity contribution in [3.63, 3.8) is 0 Å². The summed E-state index contributed by atoms with van der Waals surface area (Å²) in [6.45, 7) is 0. The van der Waals surface area contributed by atoms with E-state index in [-0.39, 0.29) is 0 Å². The average Bonchev–Trinajstić information content (AvgIpc) is 2.03. The van der Waals surface area contributed by atoms with Crippen molar-refractivity contribution in [1.82, 2.24) is 4.98 Å². The molecule has 0 radical (unpaired) electrons. The predicted molar refractivity (Wildman–Crippen MR) is 48.9 cm³/mol. The number of ether oxygens (including phenoxy) is 1. The van der Waals surface area contributed by atoms with Crippen LogP contribution in [0.25, 0.3) is 0 Å². The smallest absolute Gasteiger partial charge is 0.168 e. The summed E-state index contributed by atoms with van der Waals surface area (Å²) >= 11 is 2.03. The highest BCUT2D eigenvalue weighted by atomic mass is 127. The molecule has 0 amide bonds. The summed E-state index contributed by atoms with van der Waals surface area (Å²) in [6.07, 6.45) is 0.699. The molecule has 0 atom stereocenters. The van der Waals surface area contributed by atoms with Crippen molar-refractivity contribution in [3.05, 3.63) is 21.5 Å². The van der Waals surface area contributed by atoms with Crippen LogP contribution in [0.4, 0.5) is 0 Å². The molecule has 0 unspecified atom stereocenters. The Morgan fingerprint density at radius 2 is 2.36 bits per heavy atom. The van der Waals surface area contributed by atoms with Gasteiger partial charge in [0.25, 0.3) is 0 Å². The highest BCUT2D eigenvalue weighted by Gasteiger charge is 1.98. The zero-order valence-electron chi connectivity index (χ0n) is 5.87. The number of nitrogens with zero attached hydrogens (tertiary/aromatic N) is 1. The Labute approximate surface area is 77.9 Å². The highest BCUT2D eigenvalue weighted by molar-refractivity contribution is 14.1. The molecular weight excluding hydrogens is 257 g/mol. The normalized spacial score (nSPS) is 9.27. The van der Waals surface area contributed by atoms with E-state index in [1.165, 1.54) is 0 Å². The quantitative estimate of drug-likeness (QED) is 0.461. The molecule has 0 aromatic carbocycles. The Kier molecular flexibility index (Phi) is 2.81. The molecule has 0 bridgehead atoms. The summed E-state index contributed by atoms with van der Waals surface area (Å²) in [5.74, 6) is 0.659. The van der Waals surface area contributed by atoms with Gasteiger partial charge in [-0.3, -0.25) is 4.79 Å². The highest BCUT2D eigenvalue weighted by Crippen LogP contribution is 2.13. The third-order valence-electron chi connectivity index (χ3n) is 1.14. The lowest BCUT2D eigenvalue weighted by molar-refractivity contribution is 0.111. The van der Waals surface area contributed by atoms with Crippen LogP contribution in [0.15, 0.2) is 12.1 Å². The van der Waals surface area contributed by atoms with E-state index in [2.05, 4.69) is 4.98 Å². The number of halogens is 1. The fraction of sp³-hybridized carbons (Fsp3) is 0.143. The maximum Gasteiger partial charge on any atom is 0.168 e. The SMILES string of the molecule is COc1cc(I)nc(C=O)c1. The molecule has 3 nitrogen and oxygen atoms in total. The minimum atomic E-state index is 0.397. The molecule has 0 aliphatic heterocycles. The van der Waals surface area contributed by atoms with E-state index in [4.69, 9.17) is 4.74 Å². The Bertz CT molecular complexity index is 275. The van der Waals surface area contributed by atoms with Gasteiger partial charge < -0.3 is 4.74 Å². The maximum absolute atomic E-state index is 10.3. The molecule has 58 valence electrons. The van der Waals surface area contributed by atoms with Gasteiger partial charge in [-0.25, -0.2) is 4.98 Å². The van der Waals surface area contributed by atoms with Gasteiger partial charge in [0.15, 0.2) is 6.29 Å². The monoisotopic (exact) mass is 263 g/mol. The number of methoxy groups -OCH3 is 1. The molecule has 0 N–H and O–H groups in total. The fourth-order valence-electron chi connectivity index (χ4n) is 0.671. The number of aromatic nitrogens is 1. The van der Waals surface area contributed by atoms with Crippen molar-refractivity contribution in [2.45, 2.75) is 0 Å². The van der Waals surface area contributed by atoms with Crippen molar-refractivity contribution >= 4 is 28.9 Å². The average molecular weight is 263 g/mol. The number of pyridine rings is 1. The van der Waals surface area contributed by atoms with Crippen LogP contribution in [0.5, 0.6) is 5.75 Å². The van der Waals surface area contributed by atoms with Gasteiger partial charge in [0, 0.05) is 12.1 Å². The number of aldehydes is 1. The first-order valence-corrected chi connectivity index (χ1v) is 4.01. The first-order valence-electron chi connectivity index (χ1n) is 2.93. The lowest BCUT2D eigenvalue weighted by Crippen LogP contribution is -1.92. The van der Waals surface area contributed by atoms with Crippen LogP contribution >= 0.6 is 22.6 Å². The number of rotatable bonds is 2.